The molecule has 4 nitrogen and oxygen atoms in total. The van der Waals surface area contributed by atoms with E-state index >= 15 is 0 Å². The minimum atomic E-state index is -0.597. The zero-order valence-corrected chi connectivity index (χ0v) is 14.4. The van der Waals surface area contributed by atoms with Crippen molar-refractivity contribution in [1.82, 2.24) is 0 Å². The van der Waals surface area contributed by atoms with Crippen molar-refractivity contribution in [3.8, 4) is 16.9 Å². The molecule has 5 heteroatoms. The maximum atomic E-state index is 11.7. The molecule has 0 aliphatic carbocycles. The first-order valence-corrected chi connectivity index (χ1v) is 7.57. The Balaban J connectivity index is 2.44. The van der Waals surface area contributed by atoms with Gasteiger partial charge in [0.25, 0.3) is 0 Å². The number of methoxy groups -OCH3 is 2. The quantitative estimate of drug-likeness (QED) is 0.324. The number of benzene rings is 2. The maximum absolute atomic E-state index is 11.7. The number of carbonyl (C=O) groups excluding carboxylic acids is 1. The molecule has 0 saturated heterocycles. The SMILES string of the molecule is CO/C=C(\Oc1cc(I)ccc1-c1ccccc1)C(=O)OC. The Bertz CT molecular complexity index is 680. The second-order valence-electron chi connectivity index (χ2n) is 4.32. The van der Waals surface area contributed by atoms with Crippen LogP contribution in [0.1, 0.15) is 0 Å². The second-order valence-corrected chi connectivity index (χ2v) is 5.56. The molecule has 0 radical (unpaired) electrons. The molecule has 2 aromatic rings. The number of esters is 1. The van der Waals surface area contributed by atoms with E-state index in [0.29, 0.717) is 5.75 Å². The lowest BCUT2D eigenvalue weighted by Gasteiger charge is -2.13. The van der Waals surface area contributed by atoms with E-state index in [1.54, 1.807) is 0 Å². The van der Waals surface area contributed by atoms with Crippen molar-refractivity contribution < 1.29 is 19.0 Å². The average molecular weight is 410 g/mol. The van der Waals surface area contributed by atoms with Crippen LogP contribution >= 0.6 is 22.6 Å². The lowest BCUT2D eigenvalue weighted by molar-refractivity contribution is -0.138. The molecule has 0 aromatic heterocycles. The van der Waals surface area contributed by atoms with Gasteiger partial charge in [-0.3, -0.25) is 0 Å². The van der Waals surface area contributed by atoms with Gasteiger partial charge in [0.1, 0.15) is 12.0 Å². The summed E-state index contributed by atoms with van der Waals surface area (Å²) in [6, 6.07) is 15.6. The van der Waals surface area contributed by atoms with Crippen molar-refractivity contribution >= 4 is 28.6 Å². The molecule has 0 aliphatic rings. The fourth-order valence-corrected chi connectivity index (χ4v) is 2.34. The van der Waals surface area contributed by atoms with Crippen molar-refractivity contribution in [1.29, 1.82) is 0 Å². The molecule has 114 valence electrons. The van der Waals surface area contributed by atoms with Gasteiger partial charge in [0.15, 0.2) is 0 Å². The summed E-state index contributed by atoms with van der Waals surface area (Å²) >= 11 is 2.19. The first-order chi connectivity index (χ1) is 10.7. The van der Waals surface area contributed by atoms with Crippen molar-refractivity contribution in [2.75, 3.05) is 14.2 Å². The van der Waals surface area contributed by atoms with E-state index in [4.69, 9.17) is 14.2 Å². The van der Waals surface area contributed by atoms with Gasteiger partial charge in [0, 0.05) is 9.13 Å². The van der Waals surface area contributed by atoms with Crippen LogP contribution in [-0.4, -0.2) is 20.2 Å². The predicted octanol–water partition coefficient (Wildman–Crippen LogP) is 4.00. The molecular weight excluding hydrogens is 395 g/mol. The van der Waals surface area contributed by atoms with Crippen LogP contribution in [0, 0.1) is 3.57 Å². The fourth-order valence-electron chi connectivity index (χ4n) is 1.88. The lowest BCUT2D eigenvalue weighted by Crippen LogP contribution is -2.11. The number of hydrogen-bond donors (Lipinski definition) is 0. The standard InChI is InChI=1S/C17H15IO4/c1-20-11-16(17(19)21-2)22-15-10-13(18)8-9-14(15)12-6-4-3-5-7-12/h3-11H,1-2H3/b16-11-. The van der Waals surface area contributed by atoms with E-state index in [1.165, 1.54) is 20.5 Å². The van der Waals surface area contributed by atoms with Crippen molar-refractivity contribution in [3.05, 3.63) is 64.1 Å². The van der Waals surface area contributed by atoms with Gasteiger partial charge in [0.05, 0.1) is 14.2 Å². The van der Waals surface area contributed by atoms with E-state index in [0.717, 1.165) is 14.7 Å². The molecule has 0 saturated carbocycles. The predicted molar refractivity (Wildman–Crippen MR) is 92.3 cm³/mol. The highest BCUT2D eigenvalue weighted by molar-refractivity contribution is 14.1. The highest BCUT2D eigenvalue weighted by Gasteiger charge is 2.16. The van der Waals surface area contributed by atoms with Gasteiger partial charge in [-0.25, -0.2) is 4.79 Å². The Labute approximate surface area is 142 Å². The molecule has 0 bridgehead atoms. The zero-order valence-electron chi connectivity index (χ0n) is 12.2. The van der Waals surface area contributed by atoms with E-state index < -0.39 is 5.97 Å². The van der Waals surface area contributed by atoms with Crippen LogP contribution in [0.3, 0.4) is 0 Å². The monoisotopic (exact) mass is 410 g/mol. The topological polar surface area (TPSA) is 44.8 Å². The van der Waals surface area contributed by atoms with Crippen molar-refractivity contribution in [2.24, 2.45) is 0 Å². The summed E-state index contributed by atoms with van der Waals surface area (Å²) in [4.78, 5) is 11.7. The van der Waals surface area contributed by atoms with E-state index in [1.807, 2.05) is 48.5 Å². The van der Waals surface area contributed by atoms with Crippen LogP contribution in [0.25, 0.3) is 11.1 Å². The van der Waals surface area contributed by atoms with Crippen LogP contribution in [-0.2, 0) is 14.3 Å². The molecule has 0 heterocycles. The van der Waals surface area contributed by atoms with Crippen LogP contribution in [0.2, 0.25) is 0 Å². The number of hydrogen-bond acceptors (Lipinski definition) is 4. The normalized spacial score (nSPS) is 11.0. The largest absolute Gasteiger partial charge is 0.500 e. The third-order valence-electron chi connectivity index (χ3n) is 2.86. The van der Waals surface area contributed by atoms with Crippen molar-refractivity contribution in [2.45, 2.75) is 0 Å². The van der Waals surface area contributed by atoms with Gasteiger partial charge >= 0.3 is 5.97 Å². The van der Waals surface area contributed by atoms with Crippen molar-refractivity contribution in [3.63, 3.8) is 0 Å². The number of rotatable bonds is 5. The molecule has 0 spiro atoms. The van der Waals surface area contributed by atoms with Crippen LogP contribution in [0.5, 0.6) is 5.75 Å². The Morgan fingerprint density at radius 1 is 1.09 bits per heavy atom. The van der Waals surface area contributed by atoms with Gasteiger partial charge < -0.3 is 14.2 Å². The van der Waals surface area contributed by atoms with Crippen LogP contribution in [0.15, 0.2) is 60.6 Å². The van der Waals surface area contributed by atoms with E-state index in [9.17, 15) is 4.79 Å². The summed E-state index contributed by atoms with van der Waals surface area (Å²) in [5, 5.41) is 0. The van der Waals surface area contributed by atoms with Gasteiger partial charge in [0.2, 0.25) is 5.76 Å². The fraction of sp³-hybridized carbons (Fsp3) is 0.118. The lowest BCUT2D eigenvalue weighted by atomic mass is 10.1. The molecule has 0 amide bonds. The van der Waals surface area contributed by atoms with Crippen LogP contribution < -0.4 is 4.74 Å². The minimum Gasteiger partial charge on any atom is -0.500 e. The molecule has 2 rings (SSSR count). The van der Waals surface area contributed by atoms with Crippen LogP contribution in [0.4, 0.5) is 0 Å². The highest BCUT2D eigenvalue weighted by atomic mass is 127. The maximum Gasteiger partial charge on any atom is 0.377 e. The van der Waals surface area contributed by atoms with Gasteiger partial charge in [-0.05, 0) is 46.4 Å². The minimum absolute atomic E-state index is 0.0100. The Morgan fingerprint density at radius 3 is 2.45 bits per heavy atom. The molecule has 0 aliphatic heterocycles. The Kier molecular flexibility index (Phi) is 5.83. The first-order valence-electron chi connectivity index (χ1n) is 6.50. The molecule has 0 atom stereocenters. The van der Waals surface area contributed by atoms with E-state index in [2.05, 4.69) is 22.6 Å². The molecule has 0 N–H and O–H groups in total. The highest BCUT2D eigenvalue weighted by Crippen LogP contribution is 2.32. The summed E-state index contributed by atoms with van der Waals surface area (Å²) < 4.78 is 16.3. The first kappa shape index (κ1) is 16.4. The summed E-state index contributed by atoms with van der Waals surface area (Å²) in [6.45, 7) is 0. The smallest absolute Gasteiger partial charge is 0.377 e. The van der Waals surface area contributed by atoms with E-state index in [-0.39, 0.29) is 5.76 Å². The average Bonchev–Trinajstić information content (AvgIpc) is 2.54. The number of ether oxygens (including phenoxy) is 3. The molecule has 0 fully saturated rings. The number of halogens is 1. The molecule has 2 aromatic carbocycles. The van der Waals surface area contributed by atoms with Gasteiger partial charge in [-0.2, -0.15) is 0 Å². The third kappa shape index (κ3) is 4.00. The summed E-state index contributed by atoms with van der Waals surface area (Å²) in [5.74, 6) is -0.0456. The summed E-state index contributed by atoms with van der Waals surface area (Å²) in [7, 11) is 2.74. The Hall–Kier alpha value is -2.02. The Morgan fingerprint density at radius 2 is 1.82 bits per heavy atom. The van der Waals surface area contributed by atoms with Gasteiger partial charge in [-0.1, -0.05) is 30.3 Å². The summed E-state index contributed by atoms with van der Waals surface area (Å²) in [5.41, 5.74) is 1.88. The summed E-state index contributed by atoms with van der Waals surface area (Å²) in [6.07, 6.45) is 1.22. The molecule has 22 heavy (non-hydrogen) atoms. The molecule has 0 unspecified atom stereocenters. The zero-order chi connectivity index (χ0) is 15.9. The second kappa shape index (κ2) is 7.84. The molecular formula is C17H15IO4. The number of carbonyl (C=O) groups is 1. The van der Waals surface area contributed by atoms with Gasteiger partial charge in [-0.15, -0.1) is 0 Å². The third-order valence-corrected chi connectivity index (χ3v) is 3.53.